The molecule has 8 nitrogen and oxygen atoms in total. The van der Waals surface area contributed by atoms with Gasteiger partial charge in [0.25, 0.3) is 0 Å². The second-order valence-electron chi connectivity index (χ2n) is 6.69. The number of rotatable bonds is 7. The van der Waals surface area contributed by atoms with Crippen LogP contribution < -0.4 is 10.2 Å². The zero-order valence-corrected chi connectivity index (χ0v) is 17.5. The molecule has 1 N–H and O–H groups in total. The number of furan rings is 2. The van der Waals surface area contributed by atoms with Crippen molar-refractivity contribution in [3.63, 3.8) is 0 Å². The fourth-order valence-electron chi connectivity index (χ4n) is 3.08. The SMILES string of the molecule is CCOC(=O)c1ccc(-c2ccc(/C=N\NC(=O)c3cc4cccc(OC)c4o3)o2)cc1. The van der Waals surface area contributed by atoms with Crippen molar-refractivity contribution in [2.75, 3.05) is 13.7 Å². The van der Waals surface area contributed by atoms with Crippen LogP contribution >= 0.6 is 0 Å². The van der Waals surface area contributed by atoms with E-state index in [2.05, 4.69) is 10.5 Å². The molecule has 0 bridgehead atoms. The molecule has 0 fully saturated rings. The van der Waals surface area contributed by atoms with E-state index >= 15 is 0 Å². The third-order valence-corrected chi connectivity index (χ3v) is 4.62. The zero-order valence-electron chi connectivity index (χ0n) is 17.5. The summed E-state index contributed by atoms with van der Waals surface area (Å²) < 4.78 is 21.5. The third kappa shape index (κ3) is 4.39. The van der Waals surface area contributed by atoms with Crippen LogP contribution in [0.1, 0.15) is 33.6 Å². The van der Waals surface area contributed by atoms with Gasteiger partial charge in [0, 0.05) is 10.9 Å². The molecule has 0 aliphatic rings. The van der Waals surface area contributed by atoms with Crippen molar-refractivity contribution in [1.29, 1.82) is 0 Å². The van der Waals surface area contributed by atoms with Crippen LogP contribution in [0.3, 0.4) is 0 Å². The minimum atomic E-state index is -0.499. The minimum absolute atomic E-state index is 0.114. The molecule has 0 atom stereocenters. The lowest BCUT2D eigenvalue weighted by atomic mass is 10.1. The van der Waals surface area contributed by atoms with Gasteiger partial charge in [0.05, 0.1) is 25.5 Å². The first-order chi connectivity index (χ1) is 15.6. The van der Waals surface area contributed by atoms with Gasteiger partial charge in [-0.15, -0.1) is 0 Å². The number of ether oxygens (including phenoxy) is 2. The molecule has 4 rings (SSSR count). The summed E-state index contributed by atoms with van der Waals surface area (Å²) in [5, 5.41) is 4.68. The van der Waals surface area contributed by atoms with Gasteiger partial charge in [-0.1, -0.05) is 24.3 Å². The molecule has 8 heteroatoms. The monoisotopic (exact) mass is 432 g/mol. The summed E-state index contributed by atoms with van der Waals surface area (Å²) in [6, 6.07) is 17.4. The molecule has 0 radical (unpaired) electrons. The van der Waals surface area contributed by atoms with Gasteiger partial charge < -0.3 is 18.3 Å². The first kappa shape index (κ1) is 20.9. The first-order valence-corrected chi connectivity index (χ1v) is 9.86. The second-order valence-corrected chi connectivity index (χ2v) is 6.69. The standard InChI is InChI=1S/C24H20N2O6/c1-3-30-24(28)16-9-7-15(8-10-16)19-12-11-18(31-19)14-25-26-23(27)21-13-17-5-4-6-20(29-2)22(17)32-21/h4-14H,3H2,1-2H3,(H,26,27)/b25-14-. The number of nitrogens with one attached hydrogen (secondary N) is 1. The molecule has 0 saturated carbocycles. The van der Waals surface area contributed by atoms with Crippen LogP contribution in [0.15, 0.2) is 74.6 Å². The van der Waals surface area contributed by atoms with Crippen molar-refractivity contribution in [3.05, 3.63) is 77.7 Å². The van der Waals surface area contributed by atoms with Crippen molar-refractivity contribution in [3.8, 4) is 17.1 Å². The van der Waals surface area contributed by atoms with Gasteiger partial charge >= 0.3 is 11.9 Å². The molecule has 32 heavy (non-hydrogen) atoms. The molecule has 1 amide bonds. The number of esters is 1. The van der Waals surface area contributed by atoms with Gasteiger partial charge in [0.2, 0.25) is 0 Å². The maximum absolute atomic E-state index is 12.3. The quantitative estimate of drug-likeness (QED) is 0.259. The molecule has 2 aromatic heterocycles. The summed E-state index contributed by atoms with van der Waals surface area (Å²) in [5.74, 6) is 0.830. The Hall–Kier alpha value is -4.33. The maximum atomic E-state index is 12.3. The molecule has 0 saturated heterocycles. The number of hydrogen-bond donors (Lipinski definition) is 1. The Balaban J connectivity index is 1.41. The van der Waals surface area contributed by atoms with Gasteiger partial charge in [-0.05, 0) is 43.3 Å². The number of benzene rings is 2. The van der Waals surface area contributed by atoms with Crippen molar-refractivity contribution in [1.82, 2.24) is 5.43 Å². The average molecular weight is 432 g/mol. The molecular formula is C24H20N2O6. The predicted molar refractivity (Wildman–Crippen MR) is 118 cm³/mol. The van der Waals surface area contributed by atoms with Crippen molar-refractivity contribution in [2.45, 2.75) is 6.92 Å². The van der Waals surface area contributed by atoms with E-state index in [1.807, 2.05) is 12.1 Å². The molecule has 0 spiro atoms. The number of amides is 1. The predicted octanol–water partition coefficient (Wildman–Crippen LogP) is 4.64. The van der Waals surface area contributed by atoms with Gasteiger partial charge in [0.15, 0.2) is 17.1 Å². The fourth-order valence-corrected chi connectivity index (χ4v) is 3.08. The summed E-state index contributed by atoms with van der Waals surface area (Å²) in [6.07, 6.45) is 1.39. The summed E-state index contributed by atoms with van der Waals surface area (Å²) in [5.41, 5.74) is 4.16. The van der Waals surface area contributed by atoms with Crippen LogP contribution in [-0.4, -0.2) is 31.8 Å². The van der Waals surface area contributed by atoms with E-state index in [1.165, 1.54) is 13.3 Å². The normalized spacial score (nSPS) is 11.1. The van der Waals surface area contributed by atoms with Crippen LogP contribution in [-0.2, 0) is 4.74 Å². The Morgan fingerprint density at radius 1 is 1.06 bits per heavy atom. The zero-order chi connectivity index (χ0) is 22.5. The number of hydrazone groups is 1. The van der Waals surface area contributed by atoms with Crippen LogP contribution in [0.4, 0.5) is 0 Å². The number of carbonyl (C=O) groups is 2. The van der Waals surface area contributed by atoms with E-state index in [0.717, 1.165) is 10.9 Å². The Kier molecular flexibility index (Phi) is 6.03. The van der Waals surface area contributed by atoms with Gasteiger partial charge in [-0.25, -0.2) is 10.2 Å². The largest absolute Gasteiger partial charge is 0.493 e. The topological polar surface area (TPSA) is 103 Å². The van der Waals surface area contributed by atoms with E-state index in [-0.39, 0.29) is 11.7 Å². The summed E-state index contributed by atoms with van der Waals surface area (Å²) >= 11 is 0. The minimum Gasteiger partial charge on any atom is -0.493 e. The average Bonchev–Trinajstić information content (AvgIpc) is 3.46. The molecule has 0 aliphatic carbocycles. The molecular weight excluding hydrogens is 412 g/mol. The highest BCUT2D eigenvalue weighted by atomic mass is 16.5. The molecule has 0 aliphatic heterocycles. The Labute approximate surface area is 183 Å². The van der Waals surface area contributed by atoms with E-state index < -0.39 is 5.91 Å². The lowest BCUT2D eigenvalue weighted by Crippen LogP contribution is -2.16. The van der Waals surface area contributed by atoms with Gasteiger partial charge in [-0.3, -0.25) is 4.79 Å². The maximum Gasteiger partial charge on any atom is 0.338 e. The van der Waals surface area contributed by atoms with Gasteiger partial charge in [0.1, 0.15) is 11.5 Å². The van der Waals surface area contributed by atoms with Crippen LogP contribution in [0.25, 0.3) is 22.3 Å². The third-order valence-electron chi connectivity index (χ3n) is 4.62. The van der Waals surface area contributed by atoms with Crippen LogP contribution in [0.2, 0.25) is 0 Å². The summed E-state index contributed by atoms with van der Waals surface area (Å²) in [4.78, 5) is 24.1. The fraction of sp³-hybridized carbons (Fsp3) is 0.125. The smallest absolute Gasteiger partial charge is 0.338 e. The molecule has 2 heterocycles. The van der Waals surface area contributed by atoms with Crippen molar-refractivity contribution >= 4 is 29.1 Å². The highest BCUT2D eigenvalue weighted by Crippen LogP contribution is 2.28. The van der Waals surface area contributed by atoms with Crippen LogP contribution in [0, 0.1) is 0 Å². The molecule has 4 aromatic rings. The van der Waals surface area contributed by atoms with E-state index in [1.54, 1.807) is 55.5 Å². The number of methoxy groups -OCH3 is 1. The molecule has 2 aromatic carbocycles. The summed E-state index contributed by atoms with van der Waals surface area (Å²) in [7, 11) is 1.54. The molecule has 162 valence electrons. The van der Waals surface area contributed by atoms with E-state index in [4.69, 9.17) is 18.3 Å². The summed E-state index contributed by atoms with van der Waals surface area (Å²) in [6.45, 7) is 2.08. The Morgan fingerprint density at radius 2 is 1.88 bits per heavy atom. The van der Waals surface area contributed by atoms with Crippen molar-refractivity contribution in [2.24, 2.45) is 5.10 Å². The van der Waals surface area contributed by atoms with E-state index in [9.17, 15) is 9.59 Å². The Morgan fingerprint density at radius 3 is 2.62 bits per heavy atom. The first-order valence-electron chi connectivity index (χ1n) is 9.86. The highest BCUT2D eigenvalue weighted by molar-refractivity contribution is 5.97. The van der Waals surface area contributed by atoms with Gasteiger partial charge in [-0.2, -0.15) is 5.10 Å². The molecule has 0 unspecified atom stereocenters. The number of hydrogen-bond acceptors (Lipinski definition) is 7. The van der Waals surface area contributed by atoms with E-state index in [0.29, 0.717) is 35.0 Å². The van der Waals surface area contributed by atoms with Crippen LogP contribution in [0.5, 0.6) is 5.75 Å². The number of fused-ring (bicyclic) bond motifs is 1. The van der Waals surface area contributed by atoms with Crippen molar-refractivity contribution < 1.29 is 27.9 Å². The lowest BCUT2D eigenvalue weighted by Gasteiger charge is -2.02. The Bertz CT molecular complexity index is 1280. The number of carbonyl (C=O) groups excluding carboxylic acids is 2. The number of para-hydroxylation sites is 1. The second kappa shape index (κ2) is 9.22. The lowest BCUT2D eigenvalue weighted by molar-refractivity contribution is 0.0526. The highest BCUT2D eigenvalue weighted by Gasteiger charge is 2.14. The number of nitrogens with zero attached hydrogens (tertiary/aromatic N) is 1.